The highest BCUT2D eigenvalue weighted by atomic mass is 35.5. The summed E-state index contributed by atoms with van der Waals surface area (Å²) in [5.74, 6) is -0.195. The van der Waals surface area contributed by atoms with Crippen molar-refractivity contribution in [2.45, 2.75) is 38.5 Å². The third-order valence-corrected chi connectivity index (χ3v) is 4.08. The molecule has 2 rings (SSSR count). The molecule has 0 heterocycles. The third kappa shape index (κ3) is 2.27. The molecule has 0 fully saturated rings. The first-order valence-corrected chi connectivity index (χ1v) is 6.93. The molecule has 0 aromatic heterocycles. The molecular weight excluding hydrogens is 264 g/mol. The first kappa shape index (κ1) is 14.1. The predicted molar refractivity (Wildman–Crippen MR) is 73.6 cm³/mol. The second-order valence-corrected chi connectivity index (χ2v) is 5.21. The predicted octanol–water partition coefficient (Wildman–Crippen LogP) is 3.53. The van der Waals surface area contributed by atoms with Gasteiger partial charge in [0.25, 0.3) is 0 Å². The highest BCUT2D eigenvalue weighted by molar-refractivity contribution is 6.31. The van der Waals surface area contributed by atoms with E-state index in [1.54, 1.807) is 25.1 Å². The Balaban J connectivity index is 2.57. The Labute approximate surface area is 117 Å². The van der Waals surface area contributed by atoms with Crippen LogP contribution in [0.15, 0.2) is 18.2 Å². The van der Waals surface area contributed by atoms with Crippen LogP contribution in [-0.2, 0) is 14.9 Å². The summed E-state index contributed by atoms with van der Waals surface area (Å²) in [6.07, 6.45) is 1.49. The van der Waals surface area contributed by atoms with Crippen LogP contribution in [0.5, 0.6) is 0 Å². The van der Waals surface area contributed by atoms with Crippen LogP contribution in [0.1, 0.15) is 49.0 Å². The molecule has 19 heavy (non-hydrogen) atoms. The van der Waals surface area contributed by atoms with Gasteiger partial charge in [-0.05, 0) is 37.5 Å². The van der Waals surface area contributed by atoms with Gasteiger partial charge in [-0.25, -0.2) is 0 Å². The van der Waals surface area contributed by atoms with E-state index < -0.39 is 5.41 Å². The van der Waals surface area contributed by atoms with Crippen LogP contribution in [0.3, 0.4) is 0 Å². The lowest BCUT2D eigenvalue weighted by Crippen LogP contribution is -2.41. The van der Waals surface area contributed by atoms with Crippen molar-refractivity contribution in [2.24, 2.45) is 0 Å². The quantitative estimate of drug-likeness (QED) is 0.796. The van der Waals surface area contributed by atoms with E-state index in [1.165, 1.54) is 0 Å². The van der Waals surface area contributed by atoms with Crippen molar-refractivity contribution in [3.8, 4) is 0 Å². The number of ketones is 1. The summed E-state index contributed by atoms with van der Waals surface area (Å²) >= 11 is 5.95. The SMILES string of the molecule is CCOC(=O)C1(CC)CCC(=O)c2cc(Cl)ccc21. The van der Waals surface area contributed by atoms with Gasteiger partial charge in [0.15, 0.2) is 5.78 Å². The summed E-state index contributed by atoms with van der Waals surface area (Å²) in [6, 6.07) is 5.17. The number of hydrogen-bond donors (Lipinski definition) is 0. The third-order valence-electron chi connectivity index (χ3n) is 3.85. The van der Waals surface area contributed by atoms with E-state index in [2.05, 4.69) is 0 Å². The number of esters is 1. The lowest BCUT2D eigenvalue weighted by Gasteiger charge is -2.35. The maximum Gasteiger partial charge on any atom is 0.316 e. The van der Waals surface area contributed by atoms with Gasteiger partial charge in [-0.2, -0.15) is 0 Å². The summed E-state index contributed by atoms with van der Waals surface area (Å²) in [7, 11) is 0. The Kier molecular flexibility index (Phi) is 3.95. The Hall–Kier alpha value is -1.35. The highest BCUT2D eigenvalue weighted by Crippen LogP contribution is 2.41. The van der Waals surface area contributed by atoms with Crippen molar-refractivity contribution in [3.63, 3.8) is 0 Å². The van der Waals surface area contributed by atoms with E-state index in [0.717, 1.165) is 5.56 Å². The smallest absolute Gasteiger partial charge is 0.316 e. The number of ether oxygens (including phenoxy) is 1. The summed E-state index contributed by atoms with van der Waals surface area (Å²) in [4.78, 5) is 24.4. The van der Waals surface area contributed by atoms with Gasteiger partial charge in [-0.3, -0.25) is 9.59 Å². The van der Waals surface area contributed by atoms with Gasteiger partial charge in [0.1, 0.15) is 0 Å². The first-order chi connectivity index (χ1) is 9.05. The minimum absolute atomic E-state index is 0.0471. The van der Waals surface area contributed by atoms with E-state index in [0.29, 0.717) is 36.5 Å². The Morgan fingerprint density at radius 3 is 2.79 bits per heavy atom. The van der Waals surface area contributed by atoms with E-state index in [1.807, 2.05) is 6.92 Å². The first-order valence-electron chi connectivity index (χ1n) is 6.55. The van der Waals surface area contributed by atoms with Crippen LogP contribution >= 0.6 is 11.6 Å². The van der Waals surface area contributed by atoms with Gasteiger partial charge in [0.05, 0.1) is 12.0 Å². The zero-order valence-corrected chi connectivity index (χ0v) is 11.9. The number of halogens is 1. The Morgan fingerprint density at radius 2 is 2.16 bits per heavy atom. The number of carbonyl (C=O) groups excluding carboxylic acids is 2. The lowest BCUT2D eigenvalue weighted by molar-refractivity contribution is -0.150. The van der Waals surface area contributed by atoms with E-state index in [9.17, 15) is 9.59 Å². The fourth-order valence-electron chi connectivity index (χ4n) is 2.75. The van der Waals surface area contributed by atoms with Crippen molar-refractivity contribution in [1.29, 1.82) is 0 Å². The average Bonchev–Trinajstić information content (AvgIpc) is 2.40. The average molecular weight is 281 g/mol. The molecule has 0 saturated carbocycles. The van der Waals surface area contributed by atoms with E-state index >= 15 is 0 Å². The topological polar surface area (TPSA) is 43.4 Å². The van der Waals surface area contributed by atoms with Crippen LogP contribution in [0.2, 0.25) is 5.02 Å². The maximum absolute atomic E-state index is 12.3. The number of hydrogen-bond acceptors (Lipinski definition) is 3. The fraction of sp³-hybridized carbons (Fsp3) is 0.467. The number of benzene rings is 1. The van der Waals surface area contributed by atoms with Gasteiger partial charge < -0.3 is 4.74 Å². The van der Waals surface area contributed by atoms with Crippen molar-refractivity contribution in [3.05, 3.63) is 34.3 Å². The molecule has 1 aliphatic carbocycles. The minimum atomic E-state index is -0.705. The molecule has 1 aromatic carbocycles. The van der Waals surface area contributed by atoms with Crippen molar-refractivity contribution < 1.29 is 14.3 Å². The summed E-state index contributed by atoms with van der Waals surface area (Å²) in [6.45, 7) is 4.08. The van der Waals surface area contributed by atoms with E-state index in [4.69, 9.17) is 16.3 Å². The Bertz CT molecular complexity index is 524. The molecule has 1 aliphatic rings. The van der Waals surface area contributed by atoms with E-state index in [-0.39, 0.29) is 11.8 Å². The molecule has 3 nitrogen and oxygen atoms in total. The van der Waals surface area contributed by atoms with Gasteiger partial charge in [-0.15, -0.1) is 0 Å². The van der Waals surface area contributed by atoms with Gasteiger partial charge >= 0.3 is 5.97 Å². The number of rotatable bonds is 3. The molecule has 0 radical (unpaired) electrons. The van der Waals surface area contributed by atoms with Crippen molar-refractivity contribution in [2.75, 3.05) is 6.61 Å². The van der Waals surface area contributed by atoms with Crippen LogP contribution < -0.4 is 0 Å². The molecule has 4 heteroatoms. The zero-order valence-electron chi connectivity index (χ0n) is 11.2. The standard InChI is InChI=1S/C15H17ClO3/c1-3-15(14(18)19-4-2)8-7-13(17)11-9-10(16)5-6-12(11)15/h5-6,9H,3-4,7-8H2,1-2H3. The fourth-order valence-corrected chi connectivity index (χ4v) is 2.93. The van der Waals surface area contributed by atoms with Crippen LogP contribution in [0.25, 0.3) is 0 Å². The summed E-state index contributed by atoms with van der Waals surface area (Å²) in [5.41, 5.74) is 0.617. The minimum Gasteiger partial charge on any atom is -0.465 e. The number of carbonyl (C=O) groups is 2. The molecule has 0 N–H and O–H groups in total. The lowest BCUT2D eigenvalue weighted by atomic mass is 9.68. The molecule has 1 unspecified atom stereocenters. The molecule has 102 valence electrons. The van der Waals surface area contributed by atoms with Crippen LogP contribution in [-0.4, -0.2) is 18.4 Å². The number of fused-ring (bicyclic) bond motifs is 1. The zero-order chi connectivity index (χ0) is 14.0. The molecule has 1 atom stereocenters. The molecule has 0 amide bonds. The van der Waals surface area contributed by atoms with Crippen molar-refractivity contribution >= 4 is 23.4 Å². The molecule has 0 spiro atoms. The van der Waals surface area contributed by atoms with Crippen molar-refractivity contribution in [1.82, 2.24) is 0 Å². The van der Waals surface area contributed by atoms with Gasteiger partial charge in [0, 0.05) is 17.0 Å². The van der Waals surface area contributed by atoms with Crippen LogP contribution in [0, 0.1) is 0 Å². The van der Waals surface area contributed by atoms with Gasteiger partial charge in [0.2, 0.25) is 0 Å². The largest absolute Gasteiger partial charge is 0.465 e. The number of Topliss-reactive ketones (excluding diaryl/α,β-unsaturated/α-hetero) is 1. The molecular formula is C15H17ClO3. The normalized spacial score (nSPS) is 21.9. The molecule has 0 saturated heterocycles. The van der Waals surface area contributed by atoms with Gasteiger partial charge in [-0.1, -0.05) is 24.6 Å². The summed E-state index contributed by atoms with van der Waals surface area (Å²) in [5, 5.41) is 0.517. The molecule has 1 aromatic rings. The monoisotopic (exact) mass is 280 g/mol. The second-order valence-electron chi connectivity index (χ2n) is 4.77. The summed E-state index contributed by atoms with van der Waals surface area (Å²) < 4.78 is 5.21. The van der Waals surface area contributed by atoms with Crippen LogP contribution in [0.4, 0.5) is 0 Å². The highest BCUT2D eigenvalue weighted by Gasteiger charge is 2.45. The second kappa shape index (κ2) is 5.33. The maximum atomic E-state index is 12.3. The molecule has 0 aliphatic heterocycles. The molecule has 0 bridgehead atoms. The Morgan fingerprint density at radius 1 is 1.42 bits per heavy atom.